The zero-order chi connectivity index (χ0) is 12.2. The van der Waals surface area contributed by atoms with E-state index in [1.54, 1.807) is 11.8 Å². The van der Waals surface area contributed by atoms with Crippen molar-refractivity contribution < 1.29 is 4.79 Å². The molecule has 0 bridgehead atoms. The number of amides is 1. The molecule has 2 N–H and O–H groups in total. The molecule has 1 rings (SSSR count). The molecule has 1 aliphatic rings. The van der Waals surface area contributed by atoms with Crippen LogP contribution in [0, 0.1) is 5.92 Å². The second-order valence-corrected chi connectivity index (χ2v) is 7.29. The lowest BCUT2D eigenvalue weighted by Crippen LogP contribution is -2.43. The first-order valence-electron chi connectivity index (χ1n) is 6.04. The van der Waals surface area contributed by atoms with Gasteiger partial charge >= 0.3 is 0 Å². The summed E-state index contributed by atoms with van der Waals surface area (Å²) in [6.45, 7) is 8.91. The fourth-order valence-corrected chi connectivity index (χ4v) is 2.59. The van der Waals surface area contributed by atoms with Crippen molar-refractivity contribution in [2.45, 2.75) is 38.4 Å². The molecule has 0 aliphatic carbocycles. The van der Waals surface area contributed by atoms with Crippen molar-refractivity contribution in [3.63, 3.8) is 0 Å². The molecular formula is C12H24N2OS. The third-order valence-electron chi connectivity index (χ3n) is 2.83. The smallest absolute Gasteiger partial charge is 0.232 e. The van der Waals surface area contributed by atoms with Gasteiger partial charge in [0.15, 0.2) is 0 Å². The Balaban J connectivity index is 2.36. The van der Waals surface area contributed by atoms with Crippen LogP contribution in [0.3, 0.4) is 0 Å². The summed E-state index contributed by atoms with van der Waals surface area (Å²) in [5, 5.41) is 0. The fraction of sp³-hybridized carbons (Fsp3) is 0.917. The van der Waals surface area contributed by atoms with Crippen LogP contribution in [-0.2, 0) is 4.79 Å². The van der Waals surface area contributed by atoms with Crippen LogP contribution in [0.15, 0.2) is 0 Å². The first-order chi connectivity index (χ1) is 7.42. The predicted octanol–water partition coefficient (Wildman–Crippen LogP) is 1.72. The lowest BCUT2D eigenvalue weighted by molar-refractivity contribution is -0.130. The van der Waals surface area contributed by atoms with Gasteiger partial charge in [-0.2, -0.15) is 0 Å². The molecule has 1 aliphatic heterocycles. The summed E-state index contributed by atoms with van der Waals surface area (Å²) < 4.78 is 0.165. The Labute approximate surface area is 103 Å². The van der Waals surface area contributed by atoms with Crippen LogP contribution in [0.2, 0.25) is 0 Å². The third kappa shape index (κ3) is 4.74. The molecule has 16 heavy (non-hydrogen) atoms. The van der Waals surface area contributed by atoms with E-state index in [1.807, 2.05) is 4.90 Å². The maximum atomic E-state index is 12.0. The Hall–Kier alpha value is -0.220. The molecule has 1 atom stereocenters. The minimum Gasteiger partial charge on any atom is -0.342 e. The second kappa shape index (κ2) is 5.92. The largest absolute Gasteiger partial charge is 0.342 e. The summed E-state index contributed by atoms with van der Waals surface area (Å²) in [4.78, 5) is 14.0. The van der Waals surface area contributed by atoms with E-state index < -0.39 is 0 Å². The fourth-order valence-electron chi connectivity index (χ4n) is 1.85. The molecule has 94 valence electrons. The lowest BCUT2D eigenvalue weighted by Gasteiger charge is -2.32. The van der Waals surface area contributed by atoms with Crippen LogP contribution in [-0.4, -0.2) is 40.9 Å². The highest BCUT2D eigenvalue weighted by Crippen LogP contribution is 2.24. The summed E-state index contributed by atoms with van der Waals surface area (Å²) >= 11 is 1.72. The Morgan fingerprint density at radius 3 is 2.75 bits per heavy atom. The first kappa shape index (κ1) is 13.8. The normalized spacial score (nSPS) is 22.2. The molecule has 0 aromatic rings. The Morgan fingerprint density at radius 2 is 2.19 bits per heavy atom. The van der Waals surface area contributed by atoms with E-state index in [0.717, 1.165) is 19.5 Å². The molecule has 3 nitrogen and oxygen atoms in total. The van der Waals surface area contributed by atoms with Crippen molar-refractivity contribution in [2.75, 3.05) is 25.4 Å². The van der Waals surface area contributed by atoms with Gasteiger partial charge in [-0.1, -0.05) is 20.8 Å². The van der Waals surface area contributed by atoms with Crippen molar-refractivity contribution in [3.8, 4) is 0 Å². The van der Waals surface area contributed by atoms with Crippen LogP contribution in [0.4, 0.5) is 0 Å². The zero-order valence-corrected chi connectivity index (χ0v) is 11.5. The number of nitrogens with two attached hydrogens (primary N) is 1. The van der Waals surface area contributed by atoms with Gasteiger partial charge in [-0.05, 0) is 25.3 Å². The van der Waals surface area contributed by atoms with Gasteiger partial charge < -0.3 is 10.6 Å². The van der Waals surface area contributed by atoms with Crippen LogP contribution in [0.5, 0.6) is 0 Å². The van der Waals surface area contributed by atoms with E-state index >= 15 is 0 Å². The van der Waals surface area contributed by atoms with Crippen molar-refractivity contribution in [2.24, 2.45) is 11.7 Å². The van der Waals surface area contributed by atoms with Crippen molar-refractivity contribution in [3.05, 3.63) is 0 Å². The SMILES string of the molecule is CC(C)(C)SCC(=O)N1CCCC(CN)C1. The molecule has 1 heterocycles. The number of piperidine rings is 1. The van der Waals surface area contributed by atoms with E-state index in [2.05, 4.69) is 20.8 Å². The molecule has 0 aromatic heterocycles. The van der Waals surface area contributed by atoms with Crippen LogP contribution in [0.25, 0.3) is 0 Å². The van der Waals surface area contributed by atoms with Gasteiger partial charge in [0.2, 0.25) is 5.91 Å². The molecule has 1 unspecified atom stereocenters. The average Bonchev–Trinajstić information content (AvgIpc) is 2.25. The Morgan fingerprint density at radius 1 is 1.50 bits per heavy atom. The number of hydrogen-bond donors (Lipinski definition) is 1. The zero-order valence-electron chi connectivity index (χ0n) is 10.7. The minimum absolute atomic E-state index is 0.165. The van der Waals surface area contributed by atoms with Gasteiger partial charge in [-0.15, -0.1) is 11.8 Å². The van der Waals surface area contributed by atoms with E-state index in [0.29, 0.717) is 18.2 Å². The van der Waals surface area contributed by atoms with Crippen LogP contribution < -0.4 is 5.73 Å². The average molecular weight is 244 g/mol. The molecule has 1 saturated heterocycles. The highest BCUT2D eigenvalue weighted by atomic mass is 32.2. The first-order valence-corrected chi connectivity index (χ1v) is 7.03. The van der Waals surface area contributed by atoms with Gasteiger partial charge in [0.25, 0.3) is 0 Å². The van der Waals surface area contributed by atoms with E-state index in [4.69, 9.17) is 5.73 Å². The lowest BCUT2D eigenvalue weighted by atomic mass is 9.98. The molecular weight excluding hydrogens is 220 g/mol. The summed E-state index contributed by atoms with van der Waals surface area (Å²) in [5.74, 6) is 1.39. The third-order valence-corrected chi connectivity index (χ3v) is 4.09. The highest BCUT2D eigenvalue weighted by Gasteiger charge is 2.23. The van der Waals surface area contributed by atoms with Gasteiger partial charge in [-0.25, -0.2) is 0 Å². The molecule has 0 spiro atoms. The minimum atomic E-state index is 0.165. The number of hydrogen-bond acceptors (Lipinski definition) is 3. The molecule has 0 radical (unpaired) electrons. The van der Waals surface area contributed by atoms with E-state index in [9.17, 15) is 4.79 Å². The second-order valence-electron chi connectivity index (χ2n) is 5.48. The summed E-state index contributed by atoms with van der Waals surface area (Å²) in [5.41, 5.74) is 5.67. The monoisotopic (exact) mass is 244 g/mol. The van der Waals surface area contributed by atoms with Crippen molar-refractivity contribution >= 4 is 17.7 Å². The number of thioether (sulfide) groups is 1. The van der Waals surface area contributed by atoms with Crippen molar-refractivity contribution in [1.29, 1.82) is 0 Å². The maximum Gasteiger partial charge on any atom is 0.232 e. The van der Waals surface area contributed by atoms with Crippen LogP contribution in [0.1, 0.15) is 33.6 Å². The highest BCUT2D eigenvalue weighted by molar-refractivity contribution is 8.01. The van der Waals surface area contributed by atoms with Gasteiger partial charge in [-0.3, -0.25) is 4.79 Å². The number of carbonyl (C=O) groups is 1. The Kier molecular flexibility index (Phi) is 5.12. The summed E-state index contributed by atoms with van der Waals surface area (Å²) in [6, 6.07) is 0. The quantitative estimate of drug-likeness (QED) is 0.822. The van der Waals surface area contributed by atoms with Gasteiger partial charge in [0, 0.05) is 17.8 Å². The predicted molar refractivity (Wildman–Crippen MR) is 70.6 cm³/mol. The molecule has 0 aromatic carbocycles. The molecule has 0 saturated carbocycles. The number of carbonyl (C=O) groups excluding carboxylic acids is 1. The van der Waals surface area contributed by atoms with E-state index in [-0.39, 0.29) is 10.7 Å². The van der Waals surface area contributed by atoms with Gasteiger partial charge in [0.05, 0.1) is 5.75 Å². The molecule has 1 amide bonds. The van der Waals surface area contributed by atoms with E-state index in [1.165, 1.54) is 6.42 Å². The number of likely N-dealkylation sites (tertiary alicyclic amines) is 1. The maximum absolute atomic E-state index is 12.0. The summed E-state index contributed by atoms with van der Waals surface area (Å²) in [6.07, 6.45) is 2.28. The molecule has 1 fully saturated rings. The van der Waals surface area contributed by atoms with Gasteiger partial charge in [0.1, 0.15) is 0 Å². The van der Waals surface area contributed by atoms with Crippen LogP contribution >= 0.6 is 11.8 Å². The Bertz CT molecular complexity index is 238. The summed E-state index contributed by atoms with van der Waals surface area (Å²) in [7, 11) is 0. The number of nitrogens with zero attached hydrogens (tertiary/aromatic N) is 1. The number of rotatable bonds is 3. The van der Waals surface area contributed by atoms with Crippen molar-refractivity contribution in [1.82, 2.24) is 4.90 Å². The molecule has 4 heteroatoms. The standard InChI is InChI=1S/C12H24N2OS/c1-12(2,3)16-9-11(15)14-6-4-5-10(7-13)8-14/h10H,4-9,13H2,1-3H3. The topological polar surface area (TPSA) is 46.3 Å².